The van der Waals surface area contributed by atoms with Crippen LogP contribution in [0.4, 0.5) is 0 Å². The number of rotatable bonds is 6. The Bertz CT molecular complexity index is 227. The highest BCUT2D eigenvalue weighted by atomic mass is 15.2. The minimum absolute atomic E-state index is 0.322. The summed E-state index contributed by atoms with van der Waals surface area (Å²) in [5.41, 5.74) is 0.322. The largest absolute Gasteiger partial charge is 0.310 e. The standard InChI is InChI=1S/C16H34N2/c1-6-16(5)13-18(12-8-11-17-16)15(4)10-7-9-14(2)3/h14-15,17H,6-13H2,1-5H3. The molecule has 1 rings (SSSR count). The van der Waals surface area contributed by atoms with Gasteiger partial charge in [0, 0.05) is 18.1 Å². The molecule has 0 aromatic heterocycles. The maximum Gasteiger partial charge on any atom is 0.0277 e. The molecular weight excluding hydrogens is 220 g/mol. The molecule has 2 heteroatoms. The third-order valence-electron chi connectivity index (χ3n) is 4.53. The Morgan fingerprint density at radius 3 is 2.56 bits per heavy atom. The predicted octanol–water partition coefficient (Wildman–Crippen LogP) is 3.67. The summed E-state index contributed by atoms with van der Waals surface area (Å²) in [6, 6.07) is 0.745. The zero-order valence-electron chi connectivity index (χ0n) is 13.3. The van der Waals surface area contributed by atoms with Crippen molar-refractivity contribution in [1.29, 1.82) is 0 Å². The van der Waals surface area contributed by atoms with E-state index in [-0.39, 0.29) is 0 Å². The monoisotopic (exact) mass is 254 g/mol. The van der Waals surface area contributed by atoms with E-state index >= 15 is 0 Å². The number of nitrogens with one attached hydrogen (secondary N) is 1. The van der Waals surface area contributed by atoms with Gasteiger partial charge in [-0.15, -0.1) is 0 Å². The van der Waals surface area contributed by atoms with E-state index in [1.807, 2.05) is 0 Å². The van der Waals surface area contributed by atoms with Gasteiger partial charge in [-0.25, -0.2) is 0 Å². The number of hydrogen-bond donors (Lipinski definition) is 1. The first kappa shape index (κ1) is 16.0. The van der Waals surface area contributed by atoms with Crippen molar-refractivity contribution in [2.45, 2.75) is 78.3 Å². The molecule has 0 aliphatic carbocycles. The Kier molecular flexibility index (Phi) is 6.65. The van der Waals surface area contributed by atoms with Gasteiger partial charge >= 0.3 is 0 Å². The molecule has 0 spiro atoms. The van der Waals surface area contributed by atoms with Gasteiger partial charge in [0.15, 0.2) is 0 Å². The second-order valence-electron chi connectivity index (χ2n) is 6.84. The van der Waals surface area contributed by atoms with Gasteiger partial charge in [-0.3, -0.25) is 4.90 Å². The van der Waals surface area contributed by atoms with Gasteiger partial charge in [-0.1, -0.05) is 33.6 Å². The number of nitrogens with zero attached hydrogens (tertiary/aromatic N) is 1. The second-order valence-corrected chi connectivity index (χ2v) is 6.84. The average molecular weight is 254 g/mol. The third kappa shape index (κ3) is 5.27. The second kappa shape index (κ2) is 7.49. The van der Waals surface area contributed by atoms with Crippen LogP contribution in [-0.4, -0.2) is 36.1 Å². The first-order chi connectivity index (χ1) is 8.47. The molecule has 0 saturated carbocycles. The third-order valence-corrected chi connectivity index (χ3v) is 4.53. The fourth-order valence-corrected chi connectivity index (χ4v) is 2.87. The zero-order valence-corrected chi connectivity index (χ0v) is 13.3. The smallest absolute Gasteiger partial charge is 0.0277 e. The minimum Gasteiger partial charge on any atom is -0.310 e. The molecule has 18 heavy (non-hydrogen) atoms. The van der Waals surface area contributed by atoms with Crippen molar-refractivity contribution in [3.8, 4) is 0 Å². The maximum atomic E-state index is 3.73. The molecule has 1 N–H and O–H groups in total. The molecular formula is C16H34N2. The van der Waals surface area contributed by atoms with Crippen LogP contribution in [0.5, 0.6) is 0 Å². The lowest BCUT2D eigenvalue weighted by Gasteiger charge is -2.36. The summed E-state index contributed by atoms with van der Waals surface area (Å²) in [5.74, 6) is 0.851. The molecule has 0 aromatic rings. The Balaban J connectivity index is 2.42. The van der Waals surface area contributed by atoms with Crippen LogP contribution in [-0.2, 0) is 0 Å². The summed E-state index contributed by atoms with van der Waals surface area (Å²) in [6.07, 6.45) is 6.64. The van der Waals surface area contributed by atoms with E-state index < -0.39 is 0 Å². The van der Waals surface area contributed by atoms with Crippen LogP contribution in [0.3, 0.4) is 0 Å². The van der Waals surface area contributed by atoms with E-state index in [2.05, 4.69) is 44.8 Å². The van der Waals surface area contributed by atoms with Crippen molar-refractivity contribution >= 4 is 0 Å². The van der Waals surface area contributed by atoms with Gasteiger partial charge in [-0.2, -0.15) is 0 Å². The first-order valence-corrected chi connectivity index (χ1v) is 7.96. The Morgan fingerprint density at radius 1 is 1.22 bits per heavy atom. The lowest BCUT2D eigenvalue weighted by atomic mass is 9.97. The van der Waals surface area contributed by atoms with E-state index in [0.717, 1.165) is 12.0 Å². The van der Waals surface area contributed by atoms with Gasteiger partial charge in [0.1, 0.15) is 0 Å². The molecule has 0 aromatic carbocycles. The van der Waals surface area contributed by atoms with E-state index in [1.54, 1.807) is 0 Å². The quantitative estimate of drug-likeness (QED) is 0.778. The molecule has 108 valence electrons. The fourth-order valence-electron chi connectivity index (χ4n) is 2.87. The predicted molar refractivity (Wildman–Crippen MR) is 81.0 cm³/mol. The lowest BCUT2D eigenvalue weighted by Crippen LogP contribution is -2.50. The lowest BCUT2D eigenvalue weighted by molar-refractivity contribution is 0.159. The van der Waals surface area contributed by atoms with E-state index in [0.29, 0.717) is 5.54 Å². The molecule has 2 atom stereocenters. The van der Waals surface area contributed by atoms with Crippen molar-refractivity contribution in [2.75, 3.05) is 19.6 Å². The van der Waals surface area contributed by atoms with Crippen LogP contribution in [0.1, 0.15) is 66.7 Å². The summed E-state index contributed by atoms with van der Waals surface area (Å²) >= 11 is 0. The van der Waals surface area contributed by atoms with Crippen LogP contribution < -0.4 is 5.32 Å². The zero-order chi connectivity index (χ0) is 13.6. The van der Waals surface area contributed by atoms with Crippen molar-refractivity contribution in [1.82, 2.24) is 10.2 Å². The summed E-state index contributed by atoms with van der Waals surface area (Å²) < 4.78 is 0. The van der Waals surface area contributed by atoms with Gasteiger partial charge < -0.3 is 5.32 Å². The molecule has 0 amide bonds. The van der Waals surface area contributed by atoms with Crippen molar-refractivity contribution < 1.29 is 0 Å². The molecule has 1 aliphatic rings. The minimum atomic E-state index is 0.322. The fraction of sp³-hybridized carbons (Fsp3) is 1.00. The van der Waals surface area contributed by atoms with Crippen LogP contribution in [0.15, 0.2) is 0 Å². The molecule has 1 aliphatic heterocycles. The molecule has 2 unspecified atom stereocenters. The molecule has 1 fully saturated rings. The van der Waals surface area contributed by atoms with E-state index in [9.17, 15) is 0 Å². The van der Waals surface area contributed by atoms with Crippen molar-refractivity contribution in [3.05, 3.63) is 0 Å². The van der Waals surface area contributed by atoms with Gasteiger partial charge in [-0.05, 0) is 52.1 Å². The SMILES string of the molecule is CCC1(C)CN(C(C)CCCC(C)C)CCCN1. The topological polar surface area (TPSA) is 15.3 Å². The van der Waals surface area contributed by atoms with Gasteiger partial charge in [0.25, 0.3) is 0 Å². The maximum absolute atomic E-state index is 3.73. The highest BCUT2D eigenvalue weighted by Gasteiger charge is 2.28. The average Bonchev–Trinajstić information content (AvgIpc) is 2.51. The Labute approximate surface area is 115 Å². The molecule has 0 bridgehead atoms. The Hall–Kier alpha value is -0.0800. The molecule has 2 nitrogen and oxygen atoms in total. The first-order valence-electron chi connectivity index (χ1n) is 7.96. The van der Waals surface area contributed by atoms with Gasteiger partial charge in [0.05, 0.1) is 0 Å². The highest BCUT2D eigenvalue weighted by Crippen LogP contribution is 2.20. The summed E-state index contributed by atoms with van der Waals surface area (Å²) in [4.78, 5) is 2.71. The van der Waals surface area contributed by atoms with Crippen molar-refractivity contribution in [3.63, 3.8) is 0 Å². The van der Waals surface area contributed by atoms with Gasteiger partial charge in [0.2, 0.25) is 0 Å². The van der Waals surface area contributed by atoms with Crippen LogP contribution in [0, 0.1) is 5.92 Å². The molecule has 1 heterocycles. The summed E-state index contributed by atoms with van der Waals surface area (Å²) in [6.45, 7) is 15.4. The van der Waals surface area contributed by atoms with Crippen LogP contribution in [0.2, 0.25) is 0 Å². The molecule has 1 saturated heterocycles. The number of hydrogen-bond acceptors (Lipinski definition) is 2. The summed E-state index contributed by atoms with van der Waals surface area (Å²) in [7, 11) is 0. The molecule has 0 radical (unpaired) electrons. The Morgan fingerprint density at radius 2 is 1.94 bits per heavy atom. The van der Waals surface area contributed by atoms with E-state index in [1.165, 1.54) is 51.7 Å². The van der Waals surface area contributed by atoms with E-state index in [4.69, 9.17) is 0 Å². The summed E-state index contributed by atoms with van der Waals surface area (Å²) in [5, 5.41) is 3.73. The van der Waals surface area contributed by atoms with Crippen LogP contribution in [0.25, 0.3) is 0 Å². The van der Waals surface area contributed by atoms with Crippen molar-refractivity contribution in [2.24, 2.45) is 5.92 Å². The van der Waals surface area contributed by atoms with Crippen LogP contribution >= 0.6 is 0 Å². The normalized spacial score (nSPS) is 28.3. The highest BCUT2D eigenvalue weighted by molar-refractivity contribution is 4.89.